The summed E-state index contributed by atoms with van der Waals surface area (Å²) >= 11 is 5.66. The van der Waals surface area contributed by atoms with Crippen molar-refractivity contribution >= 4 is 17.7 Å². The Kier molecular flexibility index (Phi) is 3.14. The van der Waals surface area contributed by atoms with Crippen LogP contribution in [0.5, 0.6) is 0 Å². The zero-order valence-electron chi connectivity index (χ0n) is 5.96. The summed E-state index contributed by atoms with van der Waals surface area (Å²) in [5, 5.41) is 10.8. The van der Waals surface area contributed by atoms with E-state index in [9.17, 15) is 5.11 Å². The first-order valence-electron chi connectivity index (χ1n) is 3.33. The van der Waals surface area contributed by atoms with Crippen LogP contribution in [0.15, 0.2) is 30.3 Å². The van der Waals surface area contributed by atoms with E-state index >= 15 is 0 Å². The van der Waals surface area contributed by atoms with Crippen LogP contribution < -0.4 is 0 Å². The Balaban J connectivity index is 2.73. The summed E-state index contributed by atoms with van der Waals surface area (Å²) in [5.41, 5.74) is 1.00. The van der Waals surface area contributed by atoms with Gasteiger partial charge in [-0.1, -0.05) is 35.9 Å². The van der Waals surface area contributed by atoms with Gasteiger partial charge in [-0.3, -0.25) is 0 Å². The van der Waals surface area contributed by atoms with E-state index in [1.807, 2.05) is 12.1 Å². The average molecular weight is 168 g/mol. The smallest absolute Gasteiger partial charge is 0.101 e. The molecular formula is C9H8ClO. The highest BCUT2D eigenvalue weighted by atomic mass is 35.5. The molecule has 0 aliphatic heterocycles. The van der Waals surface area contributed by atoms with E-state index in [0.29, 0.717) is 5.02 Å². The first-order chi connectivity index (χ1) is 5.33. The first kappa shape index (κ1) is 8.31. The Hall–Kier alpha value is -0.790. The van der Waals surface area contributed by atoms with Gasteiger partial charge in [0.15, 0.2) is 0 Å². The molecule has 0 aliphatic carbocycles. The maximum atomic E-state index is 10.1. The molecule has 0 saturated carbocycles. The van der Waals surface area contributed by atoms with Gasteiger partial charge >= 0.3 is 0 Å². The van der Waals surface area contributed by atoms with Crippen LogP contribution in [0.4, 0.5) is 0 Å². The van der Waals surface area contributed by atoms with E-state index in [1.54, 1.807) is 24.3 Å². The fraction of sp³-hybridized carbons (Fsp3) is 0.111. The average Bonchev–Trinajstić information content (AvgIpc) is 2.04. The highest BCUT2D eigenvalue weighted by molar-refractivity contribution is 6.30. The lowest BCUT2D eigenvalue weighted by atomic mass is 10.2. The van der Waals surface area contributed by atoms with Gasteiger partial charge in [-0.15, -0.1) is 0 Å². The summed E-state index contributed by atoms with van der Waals surface area (Å²) in [4.78, 5) is 0. The Morgan fingerprint density at radius 1 is 1.27 bits per heavy atom. The van der Waals surface area contributed by atoms with Crippen molar-refractivity contribution in [1.82, 2.24) is 0 Å². The summed E-state index contributed by atoms with van der Waals surface area (Å²) in [5.74, 6) is 0. The van der Waals surface area contributed by atoms with Crippen LogP contribution in [0, 0.1) is 0 Å². The van der Waals surface area contributed by atoms with Gasteiger partial charge in [0.05, 0.1) is 0 Å². The fourth-order valence-electron chi connectivity index (χ4n) is 0.758. The Morgan fingerprint density at radius 3 is 2.45 bits per heavy atom. The van der Waals surface area contributed by atoms with Gasteiger partial charge in [0.25, 0.3) is 0 Å². The van der Waals surface area contributed by atoms with Gasteiger partial charge in [0.1, 0.15) is 6.61 Å². The minimum atomic E-state index is -0.178. The van der Waals surface area contributed by atoms with Crippen LogP contribution >= 0.6 is 11.6 Å². The molecule has 0 N–H and O–H groups in total. The van der Waals surface area contributed by atoms with Crippen LogP contribution in [0.3, 0.4) is 0 Å². The number of halogens is 1. The zero-order valence-corrected chi connectivity index (χ0v) is 6.71. The largest absolute Gasteiger partial charge is 0.232 e. The molecule has 0 heterocycles. The van der Waals surface area contributed by atoms with Crippen LogP contribution in [-0.2, 0) is 5.11 Å². The first-order valence-corrected chi connectivity index (χ1v) is 3.71. The van der Waals surface area contributed by atoms with Crippen molar-refractivity contribution in [3.05, 3.63) is 40.9 Å². The molecular weight excluding hydrogens is 160 g/mol. The molecule has 0 aromatic heterocycles. The van der Waals surface area contributed by atoms with Gasteiger partial charge < -0.3 is 0 Å². The molecule has 0 amide bonds. The van der Waals surface area contributed by atoms with Crippen LogP contribution in [0.1, 0.15) is 5.56 Å². The predicted octanol–water partition coefficient (Wildman–Crippen LogP) is 2.78. The Labute approximate surface area is 70.9 Å². The summed E-state index contributed by atoms with van der Waals surface area (Å²) < 4.78 is 0. The summed E-state index contributed by atoms with van der Waals surface area (Å²) in [7, 11) is 0. The third-order valence-corrected chi connectivity index (χ3v) is 1.53. The standard InChI is InChI=1S/C9H8ClO/c10-9-5-3-8(4-6-9)2-1-7-11/h1-6H,7H2/b2-1+. The molecule has 0 aliphatic rings. The van der Waals surface area contributed by atoms with Crippen molar-refractivity contribution in [1.29, 1.82) is 0 Å². The fourth-order valence-corrected chi connectivity index (χ4v) is 0.884. The second kappa shape index (κ2) is 4.16. The van der Waals surface area contributed by atoms with Crippen molar-refractivity contribution in [3.63, 3.8) is 0 Å². The summed E-state index contributed by atoms with van der Waals surface area (Å²) in [6, 6.07) is 7.33. The van der Waals surface area contributed by atoms with Crippen molar-refractivity contribution in [3.8, 4) is 0 Å². The lowest BCUT2D eigenvalue weighted by molar-refractivity contribution is 0.233. The molecule has 1 nitrogen and oxygen atoms in total. The van der Waals surface area contributed by atoms with Gasteiger partial charge in [0.2, 0.25) is 0 Å². The molecule has 1 radical (unpaired) electrons. The van der Waals surface area contributed by atoms with Crippen molar-refractivity contribution in [2.45, 2.75) is 0 Å². The molecule has 0 fully saturated rings. The van der Waals surface area contributed by atoms with Crippen LogP contribution in [-0.4, -0.2) is 6.61 Å². The van der Waals surface area contributed by atoms with Gasteiger partial charge in [-0.25, -0.2) is 5.11 Å². The molecule has 0 saturated heterocycles. The third-order valence-electron chi connectivity index (χ3n) is 1.28. The van der Waals surface area contributed by atoms with Crippen LogP contribution in [0.2, 0.25) is 5.02 Å². The normalized spacial score (nSPS) is 10.7. The molecule has 2 heteroatoms. The Bertz CT molecular complexity index is 238. The second-order valence-corrected chi connectivity index (χ2v) is 2.56. The van der Waals surface area contributed by atoms with Crippen LogP contribution in [0.25, 0.3) is 6.08 Å². The molecule has 0 unspecified atom stereocenters. The van der Waals surface area contributed by atoms with E-state index in [2.05, 4.69) is 0 Å². The topological polar surface area (TPSA) is 19.9 Å². The number of benzene rings is 1. The van der Waals surface area contributed by atoms with Gasteiger partial charge in [-0.2, -0.15) is 0 Å². The number of hydrogen-bond donors (Lipinski definition) is 0. The van der Waals surface area contributed by atoms with Gasteiger partial charge in [0, 0.05) is 5.02 Å². The highest BCUT2D eigenvalue weighted by Crippen LogP contribution is 2.10. The molecule has 0 bridgehead atoms. The summed E-state index contributed by atoms with van der Waals surface area (Å²) in [6.45, 7) is -0.178. The maximum Gasteiger partial charge on any atom is 0.101 e. The molecule has 1 aromatic rings. The zero-order chi connectivity index (χ0) is 8.10. The Morgan fingerprint density at radius 2 is 1.91 bits per heavy atom. The van der Waals surface area contributed by atoms with E-state index in [0.717, 1.165) is 5.56 Å². The monoisotopic (exact) mass is 167 g/mol. The van der Waals surface area contributed by atoms with Gasteiger partial charge in [-0.05, 0) is 17.7 Å². The number of hydrogen-bond acceptors (Lipinski definition) is 0. The second-order valence-electron chi connectivity index (χ2n) is 2.12. The molecule has 11 heavy (non-hydrogen) atoms. The minimum absolute atomic E-state index is 0.178. The van der Waals surface area contributed by atoms with E-state index in [1.165, 1.54) is 0 Å². The van der Waals surface area contributed by atoms with E-state index in [4.69, 9.17) is 11.6 Å². The molecule has 1 rings (SSSR count). The maximum absolute atomic E-state index is 10.1. The summed E-state index contributed by atoms with van der Waals surface area (Å²) in [6.07, 6.45) is 3.35. The molecule has 0 spiro atoms. The van der Waals surface area contributed by atoms with Crippen molar-refractivity contribution < 1.29 is 5.11 Å². The minimum Gasteiger partial charge on any atom is -0.232 e. The lowest BCUT2D eigenvalue weighted by Gasteiger charge is -1.91. The van der Waals surface area contributed by atoms with E-state index < -0.39 is 0 Å². The van der Waals surface area contributed by atoms with Crippen molar-refractivity contribution in [2.24, 2.45) is 0 Å². The molecule has 57 valence electrons. The van der Waals surface area contributed by atoms with E-state index in [-0.39, 0.29) is 6.61 Å². The lowest BCUT2D eigenvalue weighted by Crippen LogP contribution is -1.72. The quantitative estimate of drug-likeness (QED) is 0.646. The molecule has 1 aromatic carbocycles. The third kappa shape index (κ3) is 2.74. The molecule has 0 atom stereocenters. The van der Waals surface area contributed by atoms with Crippen molar-refractivity contribution in [2.75, 3.05) is 6.61 Å². The highest BCUT2D eigenvalue weighted by Gasteiger charge is 1.85. The number of rotatable bonds is 2. The SMILES string of the molecule is [O]C/C=C/c1ccc(Cl)cc1. The predicted molar refractivity (Wildman–Crippen MR) is 46.0 cm³/mol.